The van der Waals surface area contributed by atoms with Crippen LogP contribution in [0.2, 0.25) is 0 Å². The average Bonchev–Trinajstić information content (AvgIpc) is 2.95. The first kappa shape index (κ1) is 16.4. The molecular weight excluding hydrogens is 344 g/mol. The molecule has 1 heterocycles. The SMILES string of the molecule is O=C1C(Sc2ccccc2)C(=O)N(c2ccccc2)N1c1ccccc1. The van der Waals surface area contributed by atoms with Crippen molar-refractivity contribution in [3.05, 3.63) is 91.0 Å². The Morgan fingerprint density at radius 1 is 0.577 bits per heavy atom. The fourth-order valence-electron chi connectivity index (χ4n) is 2.88. The smallest absolute Gasteiger partial charge is 0.269 e. The molecule has 0 unspecified atom stereocenters. The molecule has 4 nitrogen and oxygen atoms in total. The van der Waals surface area contributed by atoms with Gasteiger partial charge in [0.05, 0.1) is 11.4 Å². The Bertz CT molecular complexity index is 859. The maximum atomic E-state index is 13.1. The Morgan fingerprint density at radius 2 is 0.962 bits per heavy atom. The van der Waals surface area contributed by atoms with E-state index in [2.05, 4.69) is 0 Å². The van der Waals surface area contributed by atoms with Crippen LogP contribution in [0.25, 0.3) is 0 Å². The lowest BCUT2D eigenvalue weighted by molar-refractivity contribution is -0.120. The molecule has 0 N–H and O–H groups in total. The summed E-state index contributed by atoms with van der Waals surface area (Å²) in [5.74, 6) is -0.474. The Balaban J connectivity index is 1.75. The van der Waals surface area contributed by atoms with Gasteiger partial charge < -0.3 is 0 Å². The number of amides is 2. The minimum Gasteiger partial charge on any atom is -0.271 e. The maximum absolute atomic E-state index is 13.1. The second kappa shape index (κ2) is 7.06. The van der Waals surface area contributed by atoms with E-state index in [-0.39, 0.29) is 11.8 Å². The molecule has 0 bridgehead atoms. The number of nitrogens with zero attached hydrogens (tertiary/aromatic N) is 2. The summed E-state index contributed by atoms with van der Waals surface area (Å²) < 4.78 is 0. The maximum Gasteiger partial charge on any atom is 0.269 e. The first-order valence-electron chi connectivity index (χ1n) is 8.25. The zero-order valence-corrected chi connectivity index (χ0v) is 14.7. The van der Waals surface area contributed by atoms with E-state index in [1.54, 1.807) is 0 Å². The number of carbonyl (C=O) groups is 2. The van der Waals surface area contributed by atoms with Gasteiger partial charge in [0, 0.05) is 4.90 Å². The summed E-state index contributed by atoms with van der Waals surface area (Å²) in [7, 11) is 0. The van der Waals surface area contributed by atoms with Crippen LogP contribution in [0.1, 0.15) is 0 Å². The third-order valence-corrected chi connectivity index (χ3v) is 5.25. The predicted octanol–water partition coefficient (Wildman–Crippen LogP) is 4.14. The van der Waals surface area contributed by atoms with Gasteiger partial charge in [0.2, 0.25) is 0 Å². The normalized spacial score (nSPS) is 14.9. The highest BCUT2D eigenvalue weighted by atomic mass is 32.2. The molecule has 3 aromatic rings. The Morgan fingerprint density at radius 3 is 1.38 bits per heavy atom. The van der Waals surface area contributed by atoms with Gasteiger partial charge in [-0.15, -0.1) is 11.8 Å². The zero-order valence-electron chi connectivity index (χ0n) is 13.9. The van der Waals surface area contributed by atoms with Gasteiger partial charge in [-0.3, -0.25) is 9.59 Å². The molecule has 0 spiro atoms. The Labute approximate surface area is 156 Å². The fourth-order valence-corrected chi connectivity index (χ4v) is 3.87. The second-order valence-electron chi connectivity index (χ2n) is 5.78. The molecule has 5 heteroatoms. The molecule has 0 atom stereocenters. The molecule has 0 radical (unpaired) electrons. The quantitative estimate of drug-likeness (QED) is 0.657. The molecule has 0 aliphatic carbocycles. The molecule has 128 valence electrons. The minimum atomic E-state index is -0.808. The van der Waals surface area contributed by atoms with Crippen molar-refractivity contribution in [2.45, 2.75) is 10.1 Å². The van der Waals surface area contributed by atoms with E-state index >= 15 is 0 Å². The highest BCUT2D eigenvalue weighted by molar-refractivity contribution is 8.01. The third-order valence-electron chi connectivity index (χ3n) is 4.06. The van der Waals surface area contributed by atoms with E-state index in [0.29, 0.717) is 11.4 Å². The molecule has 0 aromatic heterocycles. The van der Waals surface area contributed by atoms with E-state index in [1.165, 1.54) is 21.8 Å². The molecule has 1 saturated heterocycles. The molecule has 1 fully saturated rings. The molecule has 1 aliphatic rings. The summed E-state index contributed by atoms with van der Waals surface area (Å²) >= 11 is 1.28. The van der Waals surface area contributed by atoms with Gasteiger partial charge in [-0.25, -0.2) is 10.0 Å². The second-order valence-corrected chi connectivity index (χ2v) is 6.96. The van der Waals surface area contributed by atoms with Gasteiger partial charge in [-0.2, -0.15) is 0 Å². The number of hydrazine groups is 1. The van der Waals surface area contributed by atoms with E-state index in [9.17, 15) is 9.59 Å². The molecule has 3 aromatic carbocycles. The number of thioether (sulfide) groups is 1. The summed E-state index contributed by atoms with van der Waals surface area (Å²) in [6.45, 7) is 0. The van der Waals surface area contributed by atoms with Crippen molar-refractivity contribution in [2.75, 3.05) is 10.0 Å². The largest absolute Gasteiger partial charge is 0.271 e. The number of anilines is 2. The van der Waals surface area contributed by atoms with Crippen LogP contribution in [0.3, 0.4) is 0 Å². The van der Waals surface area contributed by atoms with Crippen LogP contribution >= 0.6 is 11.8 Å². The summed E-state index contributed by atoms with van der Waals surface area (Å²) in [5, 5.41) is 2.13. The monoisotopic (exact) mass is 360 g/mol. The van der Waals surface area contributed by atoms with Crippen molar-refractivity contribution in [2.24, 2.45) is 0 Å². The van der Waals surface area contributed by atoms with Crippen molar-refractivity contribution < 1.29 is 9.59 Å². The molecule has 2 amide bonds. The van der Waals surface area contributed by atoms with Gasteiger partial charge in [0.1, 0.15) is 0 Å². The summed E-state index contributed by atoms with van der Waals surface area (Å²) in [4.78, 5) is 27.2. The van der Waals surface area contributed by atoms with Crippen LogP contribution in [0, 0.1) is 0 Å². The van der Waals surface area contributed by atoms with Crippen molar-refractivity contribution in [1.29, 1.82) is 0 Å². The van der Waals surface area contributed by atoms with Gasteiger partial charge in [-0.1, -0.05) is 54.6 Å². The Kier molecular flexibility index (Phi) is 4.46. The lowest BCUT2D eigenvalue weighted by atomic mass is 10.3. The van der Waals surface area contributed by atoms with Crippen LogP contribution in [0.4, 0.5) is 11.4 Å². The Hall–Kier alpha value is -3.05. The summed E-state index contributed by atoms with van der Waals surface area (Å²) in [6, 6.07) is 28.0. The lowest BCUT2D eigenvalue weighted by Crippen LogP contribution is -2.41. The standard InChI is InChI=1S/C21H16N2O2S/c24-20-19(26-18-14-8-3-9-15-18)21(25)23(17-12-6-2-7-13-17)22(20)16-10-4-1-5-11-16/h1-15,19H. The first-order chi connectivity index (χ1) is 12.8. The fraction of sp³-hybridized carbons (Fsp3) is 0.0476. The molecule has 26 heavy (non-hydrogen) atoms. The van der Waals surface area contributed by atoms with Crippen LogP contribution in [-0.2, 0) is 9.59 Å². The molecule has 4 rings (SSSR count). The van der Waals surface area contributed by atoms with Crippen molar-refractivity contribution >= 4 is 35.0 Å². The number of carbonyl (C=O) groups excluding carboxylic acids is 2. The molecular formula is C21H16N2O2S. The van der Waals surface area contributed by atoms with Gasteiger partial charge in [0.15, 0.2) is 5.25 Å². The van der Waals surface area contributed by atoms with E-state index in [1.807, 2.05) is 91.0 Å². The molecule has 0 saturated carbocycles. The van der Waals surface area contributed by atoms with Gasteiger partial charge >= 0.3 is 0 Å². The summed E-state index contributed by atoms with van der Waals surface area (Å²) in [6.07, 6.45) is 0. The number of rotatable bonds is 4. The van der Waals surface area contributed by atoms with E-state index < -0.39 is 5.25 Å². The van der Waals surface area contributed by atoms with Crippen LogP contribution in [-0.4, -0.2) is 17.1 Å². The topological polar surface area (TPSA) is 40.6 Å². The van der Waals surface area contributed by atoms with Crippen LogP contribution in [0.15, 0.2) is 95.9 Å². The predicted molar refractivity (Wildman–Crippen MR) is 104 cm³/mol. The first-order valence-corrected chi connectivity index (χ1v) is 9.13. The minimum absolute atomic E-state index is 0.237. The van der Waals surface area contributed by atoms with Crippen molar-refractivity contribution in [1.82, 2.24) is 0 Å². The lowest BCUT2D eigenvalue weighted by Gasteiger charge is -2.27. The number of benzene rings is 3. The van der Waals surface area contributed by atoms with Gasteiger partial charge in [0.25, 0.3) is 11.8 Å². The summed E-state index contributed by atoms with van der Waals surface area (Å²) in [5.41, 5.74) is 1.34. The van der Waals surface area contributed by atoms with Gasteiger partial charge in [-0.05, 0) is 36.4 Å². The highest BCUT2D eigenvalue weighted by Crippen LogP contribution is 2.36. The number of para-hydroxylation sites is 2. The zero-order chi connectivity index (χ0) is 17.9. The number of hydrogen-bond donors (Lipinski definition) is 0. The van der Waals surface area contributed by atoms with Crippen molar-refractivity contribution in [3.63, 3.8) is 0 Å². The van der Waals surface area contributed by atoms with E-state index in [0.717, 1.165) is 4.90 Å². The third kappa shape index (κ3) is 2.97. The van der Waals surface area contributed by atoms with Crippen LogP contribution < -0.4 is 10.0 Å². The number of hydrogen-bond acceptors (Lipinski definition) is 3. The average molecular weight is 360 g/mol. The van der Waals surface area contributed by atoms with E-state index in [4.69, 9.17) is 0 Å². The molecule has 1 aliphatic heterocycles. The van der Waals surface area contributed by atoms with Crippen LogP contribution in [0.5, 0.6) is 0 Å². The highest BCUT2D eigenvalue weighted by Gasteiger charge is 2.47. The van der Waals surface area contributed by atoms with Crippen molar-refractivity contribution in [3.8, 4) is 0 Å².